The summed E-state index contributed by atoms with van der Waals surface area (Å²) in [6.07, 6.45) is 6.22. The van der Waals surface area contributed by atoms with Gasteiger partial charge in [0.1, 0.15) is 18.1 Å². The van der Waals surface area contributed by atoms with Crippen molar-refractivity contribution in [2.75, 3.05) is 18.2 Å². The number of carbonyl (C=O) groups excluding carboxylic acids is 1. The molecule has 1 aromatic heterocycles. The molecule has 1 aliphatic rings. The quantitative estimate of drug-likeness (QED) is 0.368. The van der Waals surface area contributed by atoms with Gasteiger partial charge in [0.15, 0.2) is 5.16 Å². The summed E-state index contributed by atoms with van der Waals surface area (Å²) >= 11 is 1.47. The minimum absolute atomic E-state index is 0.330. The number of nitrogens with one attached hydrogen (secondary N) is 1. The molecule has 84 valence electrons. The predicted octanol–water partition coefficient (Wildman–Crippen LogP) is 1.27. The maximum Gasteiger partial charge on any atom is 0.189 e. The molecule has 1 N–H and O–H groups in total. The lowest BCUT2D eigenvalue weighted by Gasteiger charge is -2.17. The zero-order valence-corrected chi connectivity index (χ0v) is 9.70. The first-order chi connectivity index (χ1) is 7.80. The highest BCUT2D eigenvalue weighted by Crippen LogP contribution is 2.32. The minimum atomic E-state index is -0.330. The number of hydrogen-bond donors (Lipinski definition) is 1. The van der Waals surface area contributed by atoms with E-state index in [4.69, 9.17) is 0 Å². The molecule has 2 heterocycles. The van der Waals surface area contributed by atoms with Gasteiger partial charge < -0.3 is 10.2 Å². The first-order valence-corrected chi connectivity index (χ1v) is 6.03. The zero-order valence-electron chi connectivity index (χ0n) is 8.88. The van der Waals surface area contributed by atoms with Gasteiger partial charge in [-0.2, -0.15) is 0 Å². The fraction of sp³-hybridized carbons (Fsp3) is 0.300. The SMILES string of the molecule is C=CCN1Nc2nc(SC)ncc2C1C=O. The second-order valence-electron chi connectivity index (χ2n) is 3.29. The maximum absolute atomic E-state index is 11.0. The lowest BCUT2D eigenvalue weighted by atomic mass is 10.2. The van der Waals surface area contributed by atoms with Crippen LogP contribution in [-0.4, -0.2) is 34.1 Å². The van der Waals surface area contributed by atoms with E-state index < -0.39 is 0 Å². The minimum Gasteiger partial charge on any atom is -0.301 e. The van der Waals surface area contributed by atoms with Gasteiger partial charge in [-0.15, -0.1) is 6.58 Å². The van der Waals surface area contributed by atoms with Crippen LogP contribution in [0.15, 0.2) is 24.0 Å². The topological polar surface area (TPSA) is 58.1 Å². The highest BCUT2D eigenvalue weighted by molar-refractivity contribution is 7.98. The molecular formula is C10H12N4OS. The maximum atomic E-state index is 11.0. The molecule has 5 nitrogen and oxygen atoms in total. The predicted molar refractivity (Wildman–Crippen MR) is 63.1 cm³/mol. The van der Waals surface area contributed by atoms with E-state index in [1.807, 2.05) is 6.26 Å². The van der Waals surface area contributed by atoms with Crippen LogP contribution in [0.5, 0.6) is 0 Å². The van der Waals surface area contributed by atoms with Gasteiger partial charge in [0.25, 0.3) is 0 Å². The largest absolute Gasteiger partial charge is 0.301 e. The second kappa shape index (κ2) is 4.63. The molecule has 6 heteroatoms. The van der Waals surface area contributed by atoms with Crippen LogP contribution in [0.4, 0.5) is 5.82 Å². The van der Waals surface area contributed by atoms with Gasteiger partial charge in [-0.05, 0) is 6.26 Å². The van der Waals surface area contributed by atoms with Crippen molar-refractivity contribution in [2.24, 2.45) is 0 Å². The van der Waals surface area contributed by atoms with Crippen LogP contribution in [0.2, 0.25) is 0 Å². The Morgan fingerprint density at radius 2 is 2.56 bits per heavy atom. The highest BCUT2D eigenvalue weighted by atomic mass is 32.2. The average molecular weight is 236 g/mol. The molecule has 0 bridgehead atoms. The molecule has 2 rings (SSSR count). The Hall–Kier alpha value is -1.40. The van der Waals surface area contributed by atoms with Gasteiger partial charge in [-0.1, -0.05) is 17.8 Å². The smallest absolute Gasteiger partial charge is 0.189 e. The molecule has 0 radical (unpaired) electrons. The monoisotopic (exact) mass is 236 g/mol. The van der Waals surface area contributed by atoms with Crippen LogP contribution < -0.4 is 5.43 Å². The van der Waals surface area contributed by atoms with E-state index in [9.17, 15) is 4.79 Å². The Morgan fingerprint density at radius 3 is 3.19 bits per heavy atom. The number of carbonyl (C=O) groups is 1. The molecule has 0 amide bonds. The third-order valence-corrected chi connectivity index (χ3v) is 2.90. The third-order valence-electron chi connectivity index (χ3n) is 2.34. The number of aldehydes is 1. The average Bonchev–Trinajstić information content (AvgIpc) is 2.65. The molecule has 0 spiro atoms. The number of hydrogen-bond acceptors (Lipinski definition) is 6. The Bertz CT molecular complexity index is 423. The van der Waals surface area contributed by atoms with Crippen LogP contribution in [0, 0.1) is 0 Å². The third kappa shape index (κ3) is 1.81. The van der Waals surface area contributed by atoms with Crippen LogP contribution in [0.3, 0.4) is 0 Å². The summed E-state index contributed by atoms with van der Waals surface area (Å²) < 4.78 is 0. The Balaban J connectivity index is 2.34. The number of anilines is 1. The standard InChI is InChI=1S/C10H12N4OS/c1-3-4-14-8(6-15)7-5-11-10(16-2)12-9(7)13-14/h3,5-6,8H,1,4H2,2H3,(H,11,12,13). The number of nitrogens with zero attached hydrogens (tertiary/aromatic N) is 3. The summed E-state index contributed by atoms with van der Waals surface area (Å²) in [4.78, 5) is 19.5. The van der Waals surface area contributed by atoms with Crippen molar-refractivity contribution in [3.63, 3.8) is 0 Å². The molecule has 1 atom stereocenters. The number of hydrazine groups is 1. The van der Waals surface area contributed by atoms with Crippen molar-refractivity contribution in [2.45, 2.75) is 11.2 Å². The molecule has 0 saturated carbocycles. The van der Waals surface area contributed by atoms with E-state index in [0.717, 1.165) is 11.8 Å². The number of aromatic nitrogens is 2. The van der Waals surface area contributed by atoms with Crippen molar-refractivity contribution in [3.8, 4) is 0 Å². The summed E-state index contributed by atoms with van der Waals surface area (Å²) in [6.45, 7) is 4.23. The van der Waals surface area contributed by atoms with E-state index in [-0.39, 0.29) is 6.04 Å². The van der Waals surface area contributed by atoms with E-state index in [2.05, 4.69) is 22.0 Å². The Kier molecular flexibility index (Phi) is 3.21. The number of thioether (sulfide) groups is 1. The van der Waals surface area contributed by atoms with Gasteiger partial charge in [0, 0.05) is 18.3 Å². The summed E-state index contributed by atoms with van der Waals surface area (Å²) in [5.74, 6) is 0.707. The molecule has 0 saturated heterocycles. The van der Waals surface area contributed by atoms with Crippen molar-refractivity contribution < 1.29 is 4.79 Å². The number of rotatable bonds is 4. The summed E-state index contributed by atoms with van der Waals surface area (Å²) in [5.41, 5.74) is 3.89. The molecule has 1 unspecified atom stereocenters. The van der Waals surface area contributed by atoms with Crippen molar-refractivity contribution in [1.82, 2.24) is 15.0 Å². The first kappa shape index (κ1) is 11.1. The van der Waals surface area contributed by atoms with E-state index in [1.165, 1.54) is 11.8 Å². The molecule has 0 aromatic carbocycles. The zero-order chi connectivity index (χ0) is 11.5. The molecule has 1 aromatic rings. The highest BCUT2D eigenvalue weighted by Gasteiger charge is 2.30. The summed E-state index contributed by atoms with van der Waals surface area (Å²) in [6, 6.07) is -0.330. The van der Waals surface area contributed by atoms with Crippen molar-refractivity contribution in [1.29, 1.82) is 0 Å². The fourth-order valence-corrected chi connectivity index (χ4v) is 1.94. The van der Waals surface area contributed by atoms with Gasteiger partial charge in [0.2, 0.25) is 0 Å². The van der Waals surface area contributed by atoms with Crippen LogP contribution in [0.1, 0.15) is 11.6 Å². The van der Waals surface area contributed by atoms with Gasteiger partial charge in [-0.25, -0.2) is 15.0 Å². The Labute approximate surface area is 97.9 Å². The summed E-state index contributed by atoms with van der Waals surface area (Å²) in [5, 5.41) is 2.47. The van der Waals surface area contributed by atoms with Gasteiger partial charge in [-0.3, -0.25) is 0 Å². The lowest BCUT2D eigenvalue weighted by molar-refractivity contribution is -0.111. The molecule has 0 aliphatic carbocycles. The fourth-order valence-electron chi connectivity index (χ4n) is 1.60. The molecule has 1 aliphatic heterocycles. The van der Waals surface area contributed by atoms with E-state index in [0.29, 0.717) is 17.5 Å². The molecule has 16 heavy (non-hydrogen) atoms. The molecule has 0 fully saturated rings. The first-order valence-electron chi connectivity index (χ1n) is 4.80. The van der Waals surface area contributed by atoms with Gasteiger partial charge >= 0.3 is 0 Å². The number of fused-ring (bicyclic) bond motifs is 1. The second-order valence-corrected chi connectivity index (χ2v) is 4.07. The van der Waals surface area contributed by atoms with Crippen LogP contribution in [0.25, 0.3) is 0 Å². The summed E-state index contributed by atoms with van der Waals surface area (Å²) in [7, 11) is 0. The molecular weight excluding hydrogens is 224 g/mol. The van der Waals surface area contributed by atoms with Gasteiger partial charge in [0.05, 0.1) is 0 Å². The van der Waals surface area contributed by atoms with Crippen molar-refractivity contribution in [3.05, 3.63) is 24.4 Å². The van der Waals surface area contributed by atoms with E-state index >= 15 is 0 Å². The van der Waals surface area contributed by atoms with Crippen molar-refractivity contribution >= 4 is 23.9 Å². The van der Waals surface area contributed by atoms with Crippen LogP contribution >= 0.6 is 11.8 Å². The van der Waals surface area contributed by atoms with Crippen LogP contribution in [-0.2, 0) is 4.79 Å². The lowest BCUT2D eigenvalue weighted by Crippen LogP contribution is -2.28. The normalized spacial score (nSPS) is 18.9. The Morgan fingerprint density at radius 1 is 1.75 bits per heavy atom. The van der Waals surface area contributed by atoms with E-state index in [1.54, 1.807) is 17.3 Å².